The number of ketones is 1. The van der Waals surface area contributed by atoms with E-state index in [0.717, 1.165) is 5.56 Å². The van der Waals surface area contributed by atoms with Crippen molar-refractivity contribution in [1.82, 2.24) is 0 Å². The standard InChI is InChI=1S/C18H22O5/c1-14(23-13-15-8-4-3-5-9-15)17(20)12-16(19)10-6-7-11-18(21)22-2/h3-11,14,17,20H,12-13H2,1-2H3/b10-6+,11-7+/t14-,17-/m0/s1. The first-order valence-corrected chi connectivity index (χ1v) is 7.32. The average molecular weight is 318 g/mol. The molecule has 0 aliphatic rings. The number of carbonyl (C=O) groups is 2. The summed E-state index contributed by atoms with van der Waals surface area (Å²) in [5, 5.41) is 9.98. The predicted octanol–water partition coefficient (Wildman–Crippen LogP) is 2.20. The van der Waals surface area contributed by atoms with Crippen molar-refractivity contribution in [1.29, 1.82) is 0 Å². The van der Waals surface area contributed by atoms with Gasteiger partial charge in [-0.05, 0) is 18.6 Å². The van der Waals surface area contributed by atoms with Crippen molar-refractivity contribution >= 4 is 11.8 Å². The van der Waals surface area contributed by atoms with Gasteiger partial charge in [-0.1, -0.05) is 42.5 Å². The normalized spacial score (nSPS) is 14.0. The number of esters is 1. The molecule has 1 aromatic carbocycles. The van der Waals surface area contributed by atoms with Crippen molar-refractivity contribution in [2.24, 2.45) is 0 Å². The molecule has 0 aliphatic heterocycles. The van der Waals surface area contributed by atoms with Crippen LogP contribution >= 0.6 is 0 Å². The molecule has 1 aromatic rings. The zero-order valence-electron chi connectivity index (χ0n) is 13.3. The van der Waals surface area contributed by atoms with E-state index in [0.29, 0.717) is 6.61 Å². The third-order valence-corrected chi connectivity index (χ3v) is 3.13. The zero-order chi connectivity index (χ0) is 17.1. The Labute approximate surface area is 136 Å². The van der Waals surface area contributed by atoms with Gasteiger partial charge in [0.1, 0.15) is 0 Å². The third-order valence-electron chi connectivity index (χ3n) is 3.13. The second kappa shape index (κ2) is 10.5. The first kappa shape index (κ1) is 18.8. The van der Waals surface area contributed by atoms with Gasteiger partial charge in [0, 0.05) is 12.5 Å². The molecule has 0 spiro atoms. The number of aliphatic hydroxyl groups is 1. The lowest BCUT2D eigenvalue weighted by atomic mass is 10.1. The smallest absolute Gasteiger partial charge is 0.330 e. The van der Waals surface area contributed by atoms with Gasteiger partial charge in [-0.2, -0.15) is 0 Å². The van der Waals surface area contributed by atoms with Gasteiger partial charge in [-0.25, -0.2) is 4.79 Å². The number of allylic oxidation sites excluding steroid dienone is 3. The van der Waals surface area contributed by atoms with Crippen LogP contribution in [0.4, 0.5) is 0 Å². The molecule has 124 valence electrons. The van der Waals surface area contributed by atoms with Crippen molar-refractivity contribution in [2.45, 2.75) is 32.2 Å². The maximum Gasteiger partial charge on any atom is 0.330 e. The van der Waals surface area contributed by atoms with Crippen molar-refractivity contribution in [3.05, 3.63) is 60.2 Å². The van der Waals surface area contributed by atoms with E-state index in [2.05, 4.69) is 4.74 Å². The number of benzene rings is 1. The number of hydrogen-bond donors (Lipinski definition) is 1. The van der Waals surface area contributed by atoms with Crippen LogP contribution in [0.3, 0.4) is 0 Å². The molecule has 0 heterocycles. The Balaban J connectivity index is 2.34. The lowest BCUT2D eigenvalue weighted by molar-refractivity contribution is -0.134. The molecule has 1 rings (SSSR count). The van der Waals surface area contributed by atoms with Crippen molar-refractivity contribution in [2.75, 3.05) is 7.11 Å². The molecule has 0 saturated heterocycles. The SMILES string of the molecule is COC(=O)/C=C/C=C/C(=O)C[C@H](O)[C@H](C)OCc1ccccc1. The molecule has 0 radical (unpaired) electrons. The summed E-state index contributed by atoms with van der Waals surface area (Å²) in [4.78, 5) is 22.5. The number of rotatable bonds is 9. The maximum atomic E-state index is 11.7. The van der Waals surface area contributed by atoms with E-state index in [1.807, 2.05) is 30.3 Å². The summed E-state index contributed by atoms with van der Waals surface area (Å²) in [6, 6.07) is 9.61. The van der Waals surface area contributed by atoms with Crippen LogP contribution in [-0.2, 0) is 25.7 Å². The second-order valence-electron chi connectivity index (χ2n) is 4.98. The first-order valence-electron chi connectivity index (χ1n) is 7.32. The molecular weight excluding hydrogens is 296 g/mol. The minimum atomic E-state index is -0.888. The summed E-state index contributed by atoms with van der Waals surface area (Å²) in [6.07, 6.45) is 3.95. The molecule has 0 amide bonds. The number of hydrogen-bond acceptors (Lipinski definition) is 5. The highest BCUT2D eigenvalue weighted by Crippen LogP contribution is 2.09. The first-order chi connectivity index (χ1) is 11.0. The summed E-state index contributed by atoms with van der Waals surface area (Å²) in [5.41, 5.74) is 1.01. The van der Waals surface area contributed by atoms with E-state index in [4.69, 9.17) is 4.74 Å². The van der Waals surface area contributed by atoms with E-state index in [-0.39, 0.29) is 12.2 Å². The average Bonchev–Trinajstić information content (AvgIpc) is 2.57. The summed E-state index contributed by atoms with van der Waals surface area (Å²) in [7, 11) is 1.27. The lowest BCUT2D eigenvalue weighted by Crippen LogP contribution is -2.28. The van der Waals surface area contributed by atoms with E-state index >= 15 is 0 Å². The predicted molar refractivity (Wildman–Crippen MR) is 86.6 cm³/mol. The monoisotopic (exact) mass is 318 g/mol. The summed E-state index contributed by atoms with van der Waals surface area (Å²) >= 11 is 0. The Kier molecular flexibility index (Phi) is 8.57. The fourth-order valence-corrected chi connectivity index (χ4v) is 1.72. The highest BCUT2D eigenvalue weighted by Gasteiger charge is 2.17. The Morgan fingerprint density at radius 3 is 2.48 bits per heavy atom. The van der Waals surface area contributed by atoms with Crippen LogP contribution in [-0.4, -0.2) is 36.2 Å². The largest absolute Gasteiger partial charge is 0.466 e. The van der Waals surface area contributed by atoms with E-state index in [9.17, 15) is 14.7 Å². The highest BCUT2D eigenvalue weighted by molar-refractivity contribution is 5.90. The van der Waals surface area contributed by atoms with Gasteiger partial charge >= 0.3 is 5.97 Å². The number of carbonyl (C=O) groups excluding carboxylic acids is 2. The highest BCUT2D eigenvalue weighted by atomic mass is 16.5. The van der Waals surface area contributed by atoms with Gasteiger partial charge < -0.3 is 14.6 Å². The van der Waals surface area contributed by atoms with Crippen LogP contribution in [0.1, 0.15) is 18.9 Å². The third kappa shape index (κ3) is 8.09. The Morgan fingerprint density at radius 2 is 1.83 bits per heavy atom. The molecule has 0 bridgehead atoms. The Morgan fingerprint density at radius 1 is 1.17 bits per heavy atom. The summed E-state index contributed by atoms with van der Waals surface area (Å²) in [5.74, 6) is -0.743. The van der Waals surface area contributed by atoms with E-state index in [1.165, 1.54) is 31.4 Å². The van der Waals surface area contributed by atoms with Crippen LogP contribution in [0.5, 0.6) is 0 Å². The second-order valence-corrected chi connectivity index (χ2v) is 4.98. The Hall–Kier alpha value is -2.24. The number of aliphatic hydroxyl groups excluding tert-OH is 1. The molecule has 23 heavy (non-hydrogen) atoms. The molecule has 0 unspecified atom stereocenters. The minimum Gasteiger partial charge on any atom is -0.466 e. The quantitative estimate of drug-likeness (QED) is 0.429. The molecule has 0 aliphatic carbocycles. The van der Waals surface area contributed by atoms with E-state index < -0.39 is 18.2 Å². The Bertz CT molecular complexity index is 548. The fraction of sp³-hybridized carbons (Fsp3) is 0.333. The molecule has 0 aromatic heterocycles. The van der Waals surface area contributed by atoms with Gasteiger partial charge in [0.25, 0.3) is 0 Å². The molecular formula is C18H22O5. The van der Waals surface area contributed by atoms with Gasteiger partial charge in [0.05, 0.1) is 25.9 Å². The van der Waals surface area contributed by atoms with Crippen molar-refractivity contribution in [3.8, 4) is 0 Å². The molecule has 2 atom stereocenters. The summed E-state index contributed by atoms with van der Waals surface area (Å²) in [6.45, 7) is 2.10. The van der Waals surface area contributed by atoms with Gasteiger partial charge in [-0.3, -0.25) is 4.79 Å². The topological polar surface area (TPSA) is 72.8 Å². The van der Waals surface area contributed by atoms with E-state index in [1.54, 1.807) is 6.92 Å². The summed E-state index contributed by atoms with van der Waals surface area (Å²) < 4.78 is 9.98. The van der Waals surface area contributed by atoms with Gasteiger partial charge in [0.15, 0.2) is 5.78 Å². The number of methoxy groups -OCH3 is 1. The van der Waals surface area contributed by atoms with Crippen LogP contribution in [0.15, 0.2) is 54.6 Å². The van der Waals surface area contributed by atoms with Crippen LogP contribution in [0.2, 0.25) is 0 Å². The van der Waals surface area contributed by atoms with Crippen molar-refractivity contribution in [3.63, 3.8) is 0 Å². The van der Waals surface area contributed by atoms with Gasteiger partial charge in [0.2, 0.25) is 0 Å². The van der Waals surface area contributed by atoms with Crippen LogP contribution < -0.4 is 0 Å². The maximum absolute atomic E-state index is 11.7. The van der Waals surface area contributed by atoms with Crippen LogP contribution in [0.25, 0.3) is 0 Å². The molecule has 0 fully saturated rings. The molecule has 5 heteroatoms. The molecule has 0 saturated carbocycles. The van der Waals surface area contributed by atoms with Gasteiger partial charge in [-0.15, -0.1) is 0 Å². The molecule has 5 nitrogen and oxygen atoms in total. The fourth-order valence-electron chi connectivity index (χ4n) is 1.72. The molecule has 1 N–H and O–H groups in total. The number of ether oxygens (including phenoxy) is 2. The van der Waals surface area contributed by atoms with Crippen LogP contribution in [0, 0.1) is 0 Å². The van der Waals surface area contributed by atoms with Crippen molar-refractivity contribution < 1.29 is 24.2 Å². The lowest BCUT2D eigenvalue weighted by Gasteiger charge is -2.18. The zero-order valence-corrected chi connectivity index (χ0v) is 13.3. The minimum absolute atomic E-state index is 0.0431.